The van der Waals surface area contributed by atoms with E-state index in [0.29, 0.717) is 83.5 Å². The monoisotopic (exact) mass is 1720 g/mol. The number of rotatable bonds is 23. The van der Waals surface area contributed by atoms with E-state index in [1.54, 1.807) is 84.9 Å². The molecule has 0 bridgehead atoms. The Morgan fingerprint density at radius 3 is 1.02 bits per heavy atom. The minimum absolute atomic E-state index is 0.00645. The van der Waals surface area contributed by atoms with Crippen molar-refractivity contribution < 1.29 is 131 Å². The van der Waals surface area contributed by atoms with Crippen LogP contribution in [0.4, 0.5) is 37.7 Å². The molecule has 0 aliphatic carbocycles. The van der Waals surface area contributed by atoms with Crippen LogP contribution in [0, 0.1) is 55.1 Å². The van der Waals surface area contributed by atoms with E-state index in [4.69, 9.17) is 46.1 Å². The van der Waals surface area contributed by atoms with E-state index in [1.165, 1.54) is 165 Å². The zero-order valence-corrected chi connectivity index (χ0v) is 68.6. The summed E-state index contributed by atoms with van der Waals surface area (Å²) in [5.74, 6) is -4.80. The maximum absolute atomic E-state index is 13.3. The quantitative estimate of drug-likeness (QED) is 0.0114. The number of hydrogen-bond donors (Lipinski definition) is 2. The number of ketones is 2. The Hall–Kier alpha value is -15.4. The number of carbonyl (C=O) groups excluding carboxylic acids is 7. The van der Waals surface area contributed by atoms with Crippen LogP contribution in [-0.2, 0) is 28.5 Å². The van der Waals surface area contributed by atoms with E-state index < -0.39 is 68.6 Å². The van der Waals surface area contributed by atoms with Crippen molar-refractivity contribution in [3.8, 4) is 68.3 Å². The smallest absolute Gasteiger partial charge is 0.342 e. The van der Waals surface area contributed by atoms with Gasteiger partial charge >= 0.3 is 41.2 Å². The lowest BCUT2D eigenvalue weighted by atomic mass is 10.0. The number of ether oxygens (including phenoxy) is 7. The summed E-state index contributed by atoms with van der Waals surface area (Å²) in [5.41, 5.74) is 3.81. The van der Waals surface area contributed by atoms with Crippen molar-refractivity contribution in [2.45, 2.75) is 87.9 Å². The largest absolute Gasteiger partial charge is 0.508 e. The van der Waals surface area contributed by atoms with E-state index in [9.17, 15) is 90.3 Å². The minimum Gasteiger partial charge on any atom is -0.508 e. The molecular weight excluding hydrogens is 1640 g/mol. The zero-order valence-electron chi connectivity index (χ0n) is 68.6. The normalized spacial score (nSPS) is 10.7. The van der Waals surface area contributed by atoms with Gasteiger partial charge in [-0.15, -0.1) is 0 Å². The number of nitro benzene ring substituents is 2. The highest BCUT2D eigenvalue weighted by molar-refractivity contribution is 6.13. The lowest BCUT2D eigenvalue weighted by Gasteiger charge is -2.10. The third-order valence-electron chi connectivity index (χ3n) is 17.4. The first-order valence-corrected chi connectivity index (χ1v) is 38.4. The molecule has 125 heavy (non-hydrogen) atoms. The molecule has 648 valence electrons. The third-order valence-corrected chi connectivity index (χ3v) is 17.4. The number of phenols is 2. The van der Waals surface area contributed by atoms with Gasteiger partial charge in [-0.25, -0.2) is 45.5 Å². The van der Waals surface area contributed by atoms with Gasteiger partial charge in [-0.3, -0.25) is 34.6 Å². The second kappa shape index (κ2) is 43.2. The minimum atomic E-state index is -0.765. The molecule has 4 aromatic heterocycles. The van der Waals surface area contributed by atoms with Gasteiger partial charge < -0.3 is 61.0 Å². The van der Waals surface area contributed by atoms with Crippen molar-refractivity contribution in [2.75, 3.05) is 33.0 Å². The van der Waals surface area contributed by atoms with Gasteiger partial charge in [-0.1, -0.05) is 0 Å². The van der Waals surface area contributed by atoms with Gasteiger partial charge in [0.05, 0.1) is 67.2 Å². The van der Waals surface area contributed by atoms with Crippen molar-refractivity contribution in [2.24, 2.45) is 0 Å². The van der Waals surface area contributed by atoms with Crippen molar-refractivity contribution in [1.29, 1.82) is 0 Å². The number of esters is 5. The van der Waals surface area contributed by atoms with Gasteiger partial charge in [0.2, 0.25) is 0 Å². The molecule has 0 atom stereocenters. The fourth-order valence-corrected chi connectivity index (χ4v) is 12.0. The number of carbonyl (C=O) groups is 7. The Labute approximate surface area is 708 Å². The maximum Gasteiger partial charge on any atom is 0.342 e. The van der Waals surface area contributed by atoms with Crippen LogP contribution in [0.15, 0.2) is 224 Å². The maximum atomic E-state index is 13.3. The molecule has 0 aliphatic rings. The van der Waals surface area contributed by atoms with E-state index >= 15 is 0 Å². The number of benzene rings is 10. The fourth-order valence-electron chi connectivity index (χ4n) is 12.0. The Morgan fingerprint density at radius 1 is 0.368 bits per heavy atom. The van der Waals surface area contributed by atoms with Gasteiger partial charge in [-0.2, -0.15) is 0 Å². The van der Waals surface area contributed by atoms with Gasteiger partial charge in [0.15, 0.2) is 23.1 Å². The third kappa shape index (κ3) is 24.3. The summed E-state index contributed by atoms with van der Waals surface area (Å²) in [6.45, 7) is 18.1. The molecule has 0 amide bonds. The number of furan rings is 4. The van der Waals surface area contributed by atoms with E-state index in [0.717, 1.165) is 12.1 Å². The summed E-state index contributed by atoms with van der Waals surface area (Å²) < 4.78 is 137. The lowest BCUT2D eigenvalue weighted by molar-refractivity contribution is -0.386. The molecule has 0 saturated heterocycles. The molecule has 0 fully saturated rings. The first-order valence-electron chi connectivity index (χ1n) is 38.4. The number of Topliss-reactive ketones (excluding diaryl/α,β-unsaturated/α-hetero) is 2. The Balaban J connectivity index is 0.000000174. The van der Waals surface area contributed by atoms with Gasteiger partial charge in [-0.05, 0) is 263 Å². The predicted octanol–water partition coefficient (Wildman–Crippen LogP) is 22.5. The molecule has 0 spiro atoms. The average molecular weight is 1720 g/mol. The molecular formula is C93H80F6N2O24. The average Bonchev–Trinajstić information content (AvgIpc) is 1.63. The number of phenolic OH excluding ortho intramolecular Hbond substituents is 2. The standard InChI is InChI=1S/C20H18FNO6.C20H19FO4.C17H12FNO6.C17H13FO4.C11H11FO3.C8H7FO/c1-4-26-20(23)18-14-9-17(27-11(2)3)15(22(24)25)10-16(14)28-19(18)12-5-7-13(21)8-6-12;1-4-23-20(22)18-16-11-15(24-12(2)3)9-10-17(16)25-19(18)13-5-7-14(21)8-6-13;1-2-24-17(21)15-11-7-13(20)12(19(22)23)8-14(11)25-16(15)9-3-5-10(18)6-4-9;1-2-21-17(20)15-13-9-12(19)7-8-14(13)22-16(15)10-3-5-11(18)6-4-10;1-2-15-11(14)7-10(13)8-3-5-9(12)6-4-8;1-6(10)7-2-4-8(9)5-3-7/h5-11H,4H2,1-3H3;5-12H,4H2,1-3H3;3-8,20H,2H2,1H3;3-9,19H,2H2,1H3;3-6H,2,7H2,1H3;2-5H,1H3. The highest BCUT2D eigenvalue weighted by atomic mass is 19.1. The summed E-state index contributed by atoms with van der Waals surface area (Å²) in [7, 11) is 0. The van der Waals surface area contributed by atoms with Crippen LogP contribution < -0.4 is 9.47 Å². The second-order valence-corrected chi connectivity index (χ2v) is 26.9. The Kier molecular flexibility index (Phi) is 32.3. The molecule has 26 nitrogen and oxygen atoms in total. The fraction of sp³-hybridized carbons (Fsp3) is 0.194. The number of nitro groups is 2. The highest BCUT2D eigenvalue weighted by Gasteiger charge is 2.32. The Bertz CT molecular complexity index is 6220. The molecule has 0 aliphatic heterocycles. The van der Waals surface area contributed by atoms with Crippen LogP contribution >= 0.6 is 0 Å². The first-order chi connectivity index (χ1) is 59.6. The summed E-state index contributed by atoms with van der Waals surface area (Å²) in [6.07, 6.45) is -0.614. The molecule has 0 radical (unpaired) electrons. The molecule has 4 heterocycles. The molecule has 2 N–H and O–H groups in total. The second-order valence-electron chi connectivity index (χ2n) is 26.9. The molecule has 14 aromatic rings. The van der Waals surface area contributed by atoms with Crippen LogP contribution in [0.1, 0.15) is 138 Å². The summed E-state index contributed by atoms with van der Waals surface area (Å²) >= 11 is 0. The zero-order chi connectivity index (χ0) is 91.0. The van der Waals surface area contributed by atoms with Crippen molar-refractivity contribution in [3.63, 3.8) is 0 Å². The summed E-state index contributed by atoms with van der Waals surface area (Å²) in [6, 6.07) is 47.0. The van der Waals surface area contributed by atoms with Crippen LogP contribution in [0.5, 0.6) is 23.0 Å². The molecule has 14 rings (SSSR count). The number of halogens is 6. The molecule has 0 unspecified atom stereocenters. The molecule has 10 aromatic carbocycles. The summed E-state index contributed by atoms with van der Waals surface area (Å²) in [4.78, 5) is 104. The number of nitrogens with zero attached hydrogens (tertiary/aromatic N) is 2. The number of fused-ring (bicyclic) bond motifs is 4. The van der Waals surface area contributed by atoms with Gasteiger partial charge in [0.25, 0.3) is 0 Å². The van der Waals surface area contributed by atoms with Crippen LogP contribution in [0.25, 0.3) is 89.2 Å². The highest BCUT2D eigenvalue weighted by Crippen LogP contribution is 2.44. The van der Waals surface area contributed by atoms with E-state index in [1.807, 2.05) is 13.8 Å². The van der Waals surface area contributed by atoms with Crippen molar-refractivity contribution in [1.82, 2.24) is 0 Å². The van der Waals surface area contributed by atoms with E-state index in [2.05, 4.69) is 4.74 Å². The van der Waals surface area contributed by atoms with Crippen molar-refractivity contribution in [3.05, 3.63) is 295 Å². The Morgan fingerprint density at radius 2 is 0.680 bits per heavy atom. The summed E-state index contributed by atoms with van der Waals surface area (Å²) in [5, 5.41) is 43.4. The topological polar surface area (TPSA) is 363 Å². The van der Waals surface area contributed by atoms with E-state index in [-0.39, 0.29) is 143 Å². The van der Waals surface area contributed by atoms with Crippen LogP contribution in [0.3, 0.4) is 0 Å². The SMILES string of the molecule is CC(=O)c1ccc(F)cc1.CCOC(=O)CC(=O)c1ccc(F)cc1.CCOC(=O)c1c(-c2ccc(F)cc2)oc2cc([N+](=O)[O-])c(O)cc12.CCOC(=O)c1c(-c2ccc(F)cc2)oc2cc([N+](=O)[O-])c(OC(C)C)cc12.CCOC(=O)c1c(-c2ccc(F)cc2)oc2ccc(O)cc12.CCOC(=O)c1c(-c2ccc(F)cc2)oc2ccc(OC(C)C)cc12. The predicted molar refractivity (Wildman–Crippen MR) is 447 cm³/mol. The van der Waals surface area contributed by atoms with Gasteiger partial charge in [0.1, 0.15) is 120 Å². The lowest BCUT2D eigenvalue weighted by Crippen LogP contribution is -2.11. The van der Waals surface area contributed by atoms with Crippen LogP contribution in [-0.4, -0.2) is 107 Å². The number of aromatic hydroxyl groups is 2. The molecule has 32 heteroatoms. The molecule has 0 saturated carbocycles. The van der Waals surface area contributed by atoms with Crippen molar-refractivity contribution >= 4 is 96.7 Å². The van der Waals surface area contributed by atoms with Crippen LogP contribution in [0.2, 0.25) is 0 Å². The van der Waals surface area contributed by atoms with Gasteiger partial charge in [0, 0.05) is 54.9 Å². The first kappa shape index (κ1) is 93.5. The number of hydrogen-bond acceptors (Lipinski definition) is 24.